The summed E-state index contributed by atoms with van der Waals surface area (Å²) in [6.07, 6.45) is 0. The third-order valence-corrected chi connectivity index (χ3v) is 5.02. The number of allylic oxidation sites excluding steroid dienone is 2. The lowest BCUT2D eigenvalue weighted by molar-refractivity contribution is -0.757. The van der Waals surface area contributed by atoms with E-state index < -0.39 is 29.6 Å². The number of benzene rings is 1. The first-order valence-electron chi connectivity index (χ1n) is 8.34. The van der Waals surface area contributed by atoms with E-state index in [0.717, 1.165) is 0 Å². The van der Waals surface area contributed by atoms with Gasteiger partial charge >= 0.3 is 11.9 Å². The number of carbonyl (C=O) groups is 2. The number of nitrogens with one attached hydrogen (secondary N) is 1. The maximum absolute atomic E-state index is 12.8. The largest absolute Gasteiger partial charge is 0.466 e. The van der Waals surface area contributed by atoms with Gasteiger partial charge < -0.3 is 19.6 Å². The minimum absolute atomic E-state index is 0.0984. The van der Waals surface area contributed by atoms with Crippen LogP contribution in [0.15, 0.2) is 40.7 Å². The molecule has 0 fully saturated rings. The Bertz CT molecular complexity index is 911. The van der Waals surface area contributed by atoms with Gasteiger partial charge in [0.15, 0.2) is 0 Å². The number of dihydropyridines is 1. The van der Waals surface area contributed by atoms with Gasteiger partial charge in [0.25, 0.3) is 5.09 Å². The zero-order valence-electron chi connectivity index (χ0n) is 15.8. The van der Waals surface area contributed by atoms with Crippen molar-refractivity contribution in [1.29, 1.82) is 0 Å². The van der Waals surface area contributed by atoms with E-state index in [-0.39, 0.29) is 27.8 Å². The summed E-state index contributed by atoms with van der Waals surface area (Å²) < 4.78 is 9.99. The smallest absolute Gasteiger partial charge is 0.336 e. The number of halogens is 2. The molecule has 1 atom stereocenters. The van der Waals surface area contributed by atoms with Crippen molar-refractivity contribution in [1.82, 2.24) is 5.32 Å². The molecule has 0 amide bonds. The molecule has 0 bridgehead atoms. The summed E-state index contributed by atoms with van der Waals surface area (Å²) in [5.41, 5.74) is 1.57. The van der Waals surface area contributed by atoms with E-state index in [9.17, 15) is 19.7 Å². The molecule has 0 aromatic heterocycles. The van der Waals surface area contributed by atoms with E-state index in [0.29, 0.717) is 17.0 Å². The van der Waals surface area contributed by atoms with Gasteiger partial charge in [0.05, 0.1) is 34.2 Å². The third-order valence-electron chi connectivity index (χ3n) is 4.19. The second-order valence-electron chi connectivity index (χ2n) is 5.96. The van der Waals surface area contributed by atoms with Crippen LogP contribution in [-0.2, 0) is 23.9 Å². The molecular formula is C18H18Cl2N2O7. The van der Waals surface area contributed by atoms with Gasteiger partial charge in [0.1, 0.15) is 13.2 Å². The average Bonchev–Trinajstić information content (AvgIpc) is 2.66. The van der Waals surface area contributed by atoms with Gasteiger partial charge in [0, 0.05) is 11.4 Å². The standard InChI is InChI=1S/C18H18Cl2N2O7/c1-9-13(17(23)27-3)15(11-5-4-6-12(19)16(11)20)14(10(2)21-9)18(24)28-7-8-29-22(25)26/h4-6,15,21H,7-8H2,1-3H3. The van der Waals surface area contributed by atoms with Crippen LogP contribution >= 0.6 is 23.2 Å². The van der Waals surface area contributed by atoms with Gasteiger partial charge in [-0.15, -0.1) is 10.1 Å². The fourth-order valence-electron chi connectivity index (χ4n) is 3.02. The van der Waals surface area contributed by atoms with Gasteiger partial charge in [-0.1, -0.05) is 35.3 Å². The monoisotopic (exact) mass is 444 g/mol. The number of carbonyl (C=O) groups excluding carboxylic acids is 2. The van der Waals surface area contributed by atoms with Crippen molar-refractivity contribution in [2.75, 3.05) is 20.3 Å². The Hall–Kier alpha value is -2.78. The molecule has 0 saturated carbocycles. The molecule has 0 radical (unpaired) electrons. The normalized spacial score (nSPS) is 16.2. The zero-order valence-corrected chi connectivity index (χ0v) is 17.3. The van der Waals surface area contributed by atoms with Crippen LogP contribution in [0.5, 0.6) is 0 Å². The Morgan fingerprint density at radius 2 is 1.76 bits per heavy atom. The SMILES string of the molecule is COC(=O)C1=C(C)NC(C)=C(C(=O)OCCO[N+](=O)[O-])C1c1cccc(Cl)c1Cl. The predicted octanol–water partition coefficient (Wildman–Crippen LogP) is 3.15. The first-order valence-corrected chi connectivity index (χ1v) is 9.09. The second kappa shape index (κ2) is 9.62. The molecule has 0 aliphatic carbocycles. The van der Waals surface area contributed by atoms with E-state index in [2.05, 4.69) is 10.2 Å². The number of esters is 2. The van der Waals surface area contributed by atoms with Gasteiger partial charge in [0.2, 0.25) is 0 Å². The molecule has 1 aromatic carbocycles. The lowest BCUT2D eigenvalue weighted by atomic mass is 9.80. The summed E-state index contributed by atoms with van der Waals surface area (Å²) in [6, 6.07) is 4.85. The number of rotatable bonds is 7. The van der Waals surface area contributed by atoms with Crippen molar-refractivity contribution in [3.05, 3.63) is 66.5 Å². The minimum atomic E-state index is -0.990. The summed E-state index contributed by atoms with van der Waals surface area (Å²) in [5, 5.41) is 12.6. The fraction of sp³-hybridized carbons (Fsp3) is 0.333. The Labute approximate surface area is 176 Å². The zero-order chi connectivity index (χ0) is 21.7. The fourth-order valence-corrected chi connectivity index (χ4v) is 3.44. The summed E-state index contributed by atoms with van der Waals surface area (Å²) in [4.78, 5) is 39.7. The van der Waals surface area contributed by atoms with Crippen LogP contribution in [0.4, 0.5) is 0 Å². The van der Waals surface area contributed by atoms with E-state index in [4.69, 9.17) is 32.7 Å². The highest BCUT2D eigenvalue weighted by atomic mass is 35.5. The first-order chi connectivity index (χ1) is 13.7. The summed E-state index contributed by atoms with van der Waals surface area (Å²) in [5.74, 6) is -2.37. The molecular weight excluding hydrogens is 427 g/mol. The van der Waals surface area contributed by atoms with Crippen LogP contribution in [0.3, 0.4) is 0 Å². The highest BCUT2D eigenvalue weighted by Crippen LogP contribution is 2.43. The number of methoxy groups -OCH3 is 1. The first kappa shape index (κ1) is 22.5. The quantitative estimate of drug-likeness (QED) is 0.295. The molecule has 9 nitrogen and oxygen atoms in total. The van der Waals surface area contributed by atoms with Crippen LogP contribution in [0.2, 0.25) is 10.0 Å². The molecule has 1 heterocycles. The lowest BCUT2D eigenvalue weighted by Gasteiger charge is -2.30. The van der Waals surface area contributed by atoms with E-state index in [1.807, 2.05) is 0 Å². The number of hydrogen-bond donors (Lipinski definition) is 1. The van der Waals surface area contributed by atoms with Crippen molar-refractivity contribution in [2.45, 2.75) is 19.8 Å². The van der Waals surface area contributed by atoms with Crippen LogP contribution in [0, 0.1) is 10.1 Å². The molecule has 29 heavy (non-hydrogen) atoms. The van der Waals surface area contributed by atoms with Gasteiger partial charge in [-0.05, 0) is 25.5 Å². The summed E-state index contributed by atoms with van der Waals surface area (Å²) >= 11 is 12.5. The maximum atomic E-state index is 12.8. The molecule has 156 valence electrons. The van der Waals surface area contributed by atoms with Gasteiger partial charge in [-0.25, -0.2) is 9.59 Å². The topological polar surface area (TPSA) is 117 Å². The lowest BCUT2D eigenvalue weighted by Crippen LogP contribution is -2.32. The number of ether oxygens (including phenoxy) is 2. The Kier molecular flexibility index (Phi) is 7.46. The number of hydrogen-bond acceptors (Lipinski definition) is 8. The van der Waals surface area contributed by atoms with Gasteiger partial charge in [-0.2, -0.15) is 0 Å². The maximum Gasteiger partial charge on any atom is 0.336 e. The third kappa shape index (κ3) is 4.99. The van der Waals surface area contributed by atoms with E-state index in [1.165, 1.54) is 7.11 Å². The Balaban J connectivity index is 2.50. The highest BCUT2D eigenvalue weighted by Gasteiger charge is 2.39. The summed E-state index contributed by atoms with van der Waals surface area (Å²) in [6.45, 7) is 2.50. The van der Waals surface area contributed by atoms with Gasteiger partial charge in [-0.3, -0.25) is 0 Å². The van der Waals surface area contributed by atoms with Crippen LogP contribution < -0.4 is 5.32 Å². The minimum Gasteiger partial charge on any atom is -0.466 e. The molecule has 1 aromatic rings. The van der Waals surface area contributed by atoms with Crippen LogP contribution in [0.25, 0.3) is 0 Å². The molecule has 1 unspecified atom stereocenters. The molecule has 11 heteroatoms. The molecule has 0 saturated heterocycles. The van der Waals surface area contributed by atoms with Crippen LogP contribution in [-0.4, -0.2) is 37.3 Å². The highest BCUT2D eigenvalue weighted by molar-refractivity contribution is 6.42. The van der Waals surface area contributed by atoms with Crippen molar-refractivity contribution >= 4 is 35.1 Å². The average molecular weight is 445 g/mol. The van der Waals surface area contributed by atoms with Crippen molar-refractivity contribution in [2.24, 2.45) is 0 Å². The molecule has 0 spiro atoms. The van der Waals surface area contributed by atoms with Crippen molar-refractivity contribution in [3.63, 3.8) is 0 Å². The van der Waals surface area contributed by atoms with E-state index in [1.54, 1.807) is 32.0 Å². The number of nitrogens with zero attached hydrogens (tertiary/aromatic N) is 1. The molecule has 1 aliphatic heterocycles. The van der Waals surface area contributed by atoms with E-state index >= 15 is 0 Å². The summed E-state index contributed by atoms with van der Waals surface area (Å²) in [7, 11) is 1.22. The molecule has 1 N–H and O–H groups in total. The Morgan fingerprint density at radius 3 is 2.34 bits per heavy atom. The van der Waals surface area contributed by atoms with Crippen LogP contribution in [0.1, 0.15) is 25.3 Å². The van der Waals surface area contributed by atoms with Crippen molar-refractivity contribution in [3.8, 4) is 0 Å². The molecule has 1 aliphatic rings. The van der Waals surface area contributed by atoms with Crippen molar-refractivity contribution < 1.29 is 29.0 Å². The molecule has 2 rings (SSSR count). The predicted molar refractivity (Wildman–Crippen MR) is 104 cm³/mol. The second-order valence-corrected chi connectivity index (χ2v) is 6.75. The Morgan fingerprint density at radius 1 is 1.14 bits per heavy atom.